The van der Waals surface area contributed by atoms with Gasteiger partial charge in [-0.3, -0.25) is 15.4 Å². The van der Waals surface area contributed by atoms with Crippen LogP contribution in [0, 0.1) is 0 Å². The largest absolute Gasteiger partial charge is 0.296 e. The number of aromatic nitrogens is 2. The fourth-order valence-electron chi connectivity index (χ4n) is 3.14. The van der Waals surface area contributed by atoms with Crippen molar-refractivity contribution in [2.24, 2.45) is 5.84 Å². The zero-order valence-corrected chi connectivity index (χ0v) is 14.3. The zero-order valence-electron chi connectivity index (χ0n) is 12.7. The van der Waals surface area contributed by atoms with E-state index in [-0.39, 0.29) is 11.6 Å². The third kappa shape index (κ3) is 2.93. The molecule has 3 N–H and O–H groups in total. The molecule has 0 saturated carbocycles. The van der Waals surface area contributed by atoms with Crippen molar-refractivity contribution >= 4 is 15.9 Å². The van der Waals surface area contributed by atoms with Crippen LogP contribution in [0.3, 0.4) is 0 Å². The Morgan fingerprint density at radius 1 is 1.45 bits per heavy atom. The maximum atomic E-state index is 5.91. The molecule has 0 radical (unpaired) electrons. The number of nitrogens with two attached hydrogens (primary N) is 1. The summed E-state index contributed by atoms with van der Waals surface area (Å²) in [6.07, 6.45) is 5.48. The summed E-state index contributed by atoms with van der Waals surface area (Å²) in [4.78, 5) is 2.52. The first-order valence-corrected chi connectivity index (χ1v) is 8.24. The Labute approximate surface area is 130 Å². The van der Waals surface area contributed by atoms with Crippen LogP contribution < -0.4 is 11.3 Å². The molecule has 1 aromatic rings. The van der Waals surface area contributed by atoms with Crippen LogP contribution >= 0.6 is 15.9 Å². The summed E-state index contributed by atoms with van der Waals surface area (Å²) in [7, 11) is 0. The summed E-state index contributed by atoms with van der Waals surface area (Å²) < 4.78 is 3.09. The smallest absolute Gasteiger partial charge is 0.0818 e. The third-order valence-corrected chi connectivity index (χ3v) is 4.95. The average molecular weight is 344 g/mol. The Hall–Kier alpha value is -0.430. The van der Waals surface area contributed by atoms with E-state index in [1.807, 2.05) is 6.20 Å². The molecule has 2 rings (SSSR count). The van der Waals surface area contributed by atoms with Crippen LogP contribution in [-0.4, -0.2) is 33.3 Å². The standard InChI is InChI=1S/C14H26BrN5/c1-4-7-20-12(11(15)10-17-20)13(18-16)14(2,3)19-8-5-6-9-19/h10,13,18H,4-9,16H2,1-3H3. The second-order valence-electron chi connectivity index (χ2n) is 6.05. The van der Waals surface area contributed by atoms with Crippen LogP contribution in [-0.2, 0) is 6.54 Å². The van der Waals surface area contributed by atoms with Gasteiger partial charge in [0.1, 0.15) is 0 Å². The van der Waals surface area contributed by atoms with Gasteiger partial charge in [0.05, 0.1) is 22.4 Å². The van der Waals surface area contributed by atoms with Gasteiger partial charge in [-0.1, -0.05) is 6.92 Å². The zero-order chi connectivity index (χ0) is 14.8. The van der Waals surface area contributed by atoms with Gasteiger partial charge in [0.25, 0.3) is 0 Å². The highest BCUT2D eigenvalue weighted by molar-refractivity contribution is 9.10. The maximum absolute atomic E-state index is 5.91. The fourth-order valence-corrected chi connectivity index (χ4v) is 3.67. The molecule has 1 aromatic heterocycles. The second-order valence-corrected chi connectivity index (χ2v) is 6.90. The maximum Gasteiger partial charge on any atom is 0.0818 e. The topological polar surface area (TPSA) is 59.1 Å². The van der Waals surface area contributed by atoms with Gasteiger partial charge in [0.15, 0.2) is 0 Å². The molecule has 20 heavy (non-hydrogen) atoms. The van der Waals surface area contributed by atoms with Crippen molar-refractivity contribution in [1.82, 2.24) is 20.1 Å². The molecule has 1 saturated heterocycles. The summed E-state index contributed by atoms with van der Waals surface area (Å²) in [6, 6.07) is 0.0454. The van der Waals surface area contributed by atoms with E-state index in [2.05, 4.69) is 56.8 Å². The summed E-state index contributed by atoms with van der Waals surface area (Å²) in [5.41, 5.74) is 4.13. The Morgan fingerprint density at radius 3 is 2.65 bits per heavy atom. The first-order valence-electron chi connectivity index (χ1n) is 7.44. The summed E-state index contributed by atoms with van der Waals surface area (Å²) >= 11 is 3.63. The quantitative estimate of drug-likeness (QED) is 0.615. The Balaban J connectivity index is 2.33. The lowest BCUT2D eigenvalue weighted by Crippen LogP contribution is -2.53. The van der Waals surface area contributed by atoms with Gasteiger partial charge in [-0.2, -0.15) is 5.10 Å². The van der Waals surface area contributed by atoms with Crippen molar-refractivity contribution in [2.45, 2.75) is 58.2 Å². The SMILES string of the molecule is CCCn1ncc(Br)c1C(NN)C(C)(C)N1CCCC1. The Bertz CT molecular complexity index is 437. The highest BCUT2D eigenvalue weighted by atomic mass is 79.9. The molecule has 1 unspecified atom stereocenters. The van der Waals surface area contributed by atoms with Crippen LogP contribution in [0.1, 0.15) is 51.8 Å². The Morgan fingerprint density at radius 2 is 2.10 bits per heavy atom. The lowest BCUT2D eigenvalue weighted by Gasteiger charge is -2.42. The van der Waals surface area contributed by atoms with E-state index < -0.39 is 0 Å². The third-order valence-electron chi connectivity index (χ3n) is 4.34. The van der Waals surface area contributed by atoms with Gasteiger partial charge in [-0.05, 0) is 62.1 Å². The highest BCUT2D eigenvalue weighted by Crippen LogP contribution is 2.36. The minimum absolute atomic E-state index is 0.0424. The van der Waals surface area contributed by atoms with E-state index in [4.69, 9.17) is 5.84 Å². The predicted molar refractivity (Wildman–Crippen MR) is 85.2 cm³/mol. The molecule has 6 heteroatoms. The van der Waals surface area contributed by atoms with E-state index >= 15 is 0 Å². The molecule has 1 atom stereocenters. The van der Waals surface area contributed by atoms with Crippen molar-refractivity contribution in [3.8, 4) is 0 Å². The summed E-state index contributed by atoms with van der Waals surface area (Å²) in [5.74, 6) is 5.91. The first-order chi connectivity index (χ1) is 9.52. The van der Waals surface area contributed by atoms with Gasteiger partial charge in [-0.15, -0.1) is 0 Å². The van der Waals surface area contributed by atoms with Crippen molar-refractivity contribution in [2.75, 3.05) is 13.1 Å². The predicted octanol–water partition coefficient (Wildman–Crippen LogP) is 2.43. The number of likely N-dealkylation sites (tertiary alicyclic amines) is 1. The van der Waals surface area contributed by atoms with Crippen molar-refractivity contribution in [1.29, 1.82) is 0 Å². The van der Waals surface area contributed by atoms with Crippen LogP contribution in [0.2, 0.25) is 0 Å². The van der Waals surface area contributed by atoms with Crippen LogP contribution in [0.25, 0.3) is 0 Å². The number of hydrazine groups is 1. The number of hydrogen-bond donors (Lipinski definition) is 2. The minimum Gasteiger partial charge on any atom is -0.296 e. The molecular weight excluding hydrogens is 318 g/mol. The van der Waals surface area contributed by atoms with E-state index in [1.165, 1.54) is 12.8 Å². The highest BCUT2D eigenvalue weighted by Gasteiger charge is 2.39. The Kier molecular flexibility index (Phi) is 5.23. The van der Waals surface area contributed by atoms with Crippen LogP contribution in [0.5, 0.6) is 0 Å². The van der Waals surface area contributed by atoms with Gasteiger partial charge in [0.2, 0.25) is 0 Å². The molecule has 2 heterocycles. The molecule has 114 valence electrons. The lowest BCUT2D eigenvalue weighted by molar-refractivity contribution is 0.102. The normalized spacial score (nSPS) is 18.6. The van der Waals surface area contributed by atoms with Crippen molar-refractivity contribution in [3.05, 3.63) is 16.4 Å². The average Bonchev–Trinajstić information content (AvgIpc) is 3.04. The van der Waals surface area contributed by atoms with Gasteiger partial charge in [0, 0.05) is 12.1 Å². The number of aryl methyl sites for hydroxylation is 1. The number of nitrogens with one attached hydrogen (secondary N) is 1. The monoisotopic (exact) mass is 343 g/mol. The van der Waals surface area contributed by atoms with Gasteiger partial charge < -0.3 is 0 Å². The number of nitrogens with zero attached hydrogens (tertiary/aromatic N) is 3. The van der Waals surface area contributed by atoms with E-state index in [0.717, 1.165) is 36.2 Å². The van der Waals surface area contributed by atoms with E-state index in [1.54, 1.807) is 0 Å². The molecule has 0 aromatic carbocycles. The molecule has 1 fully saturated rings. The van der Waals surface area contributed by atoms with Gasteiger partial charge in [-0.25, -0.2) is 5.43 Å². The fraction of sp³-hybridized carbons (Fsp3) is 0.786. The van der Waals surface area contributed by atoms with Crippen LogP contribution in [0.4, 0.5) is 0 Å². The molecule has 5 nitrogen and oxygen atoms in total. The van der Waals surface area contributed by atoms with Crippen molar-refractivity contribution in [3.63, 3.8) is 0 Å². The second kappa shape index (κ2) is 6.56. The molecule has 0 spiro atoms. The number of rotatable bonds is 6. The van der Waals surface area contributed by atoms with Crippen LogP contribution in [0.15, 0.2) is 10.7 Å². The molecular formula is C14H26BrN5. The summed E-state index contributed by atoms with van der Waals surface area (Å²) in [6.45, 7) is 9.89. The molecule has 0 aliphatic carbocycles. The number of hydrogen-bond acceptors (Lipinski definition) is 4. The van der Waals surface area contributed by atoms with E-state index in [9.17, 15) is 0 Å². The lowest BCUT2D eigenvalue weighted by atomic mass is 9.90. The van der Waals surface area contributed by atoms with E-state index in [0.29, 0.717) is 0 Å². The first kappa shape index (κ1) is 15.9. The minimum atomic E-state index is -0.0424. The summed E-state index contributed by atoms with van der Waals surface area (Å²) in [5, 5.41) is 4.47. The molecule has 1 aliphatic heterocycles. The molecule has 1 aliphatic rings. The molecule has 0 amide bonds. The van der Waals surface area contributed by atoms with Gasteiger partial charge >= 0.3 is 0 Å². The van der Waals surface area contributed by atoms with Crippen molar-refractivity contribution < 1.29 is 0 Å². The molecule has 0 bridgehead atoms. The number of halogens is 1.